The van der Waals surface area contributed by atoms with Gasteiger partial charge in [0.05, 0.1) is 6.42 Å². The quantitative estimate of drug-likeness (QED) is 0.447. The molecule has 0 saturated carbocycles. The SMILES string of the molecule is NC(CCCCB(O)O)C1CCN(C(=O)Cc2ccc(F)cc2)CC1.O=C=O. The number of nitrogens with zero attached hydrogens (tertiary/aromatic N) is 1. The number of rotatable bonds is 8. The van der Waals surface area contributed by atoms with Gasteiger partial charge in [0.15, 0.2) is 0 Å². The van der Waals surface area contributed by atoms with Crippen LogP contribution in [0.4, 0.5) is 4.39 Å². The van der Waals surface area contributed by atoms with Gasteiger partial charge in [0, 0.05) is 19.1 Å². The summed E-state index contributed by atoms with van der Waals surface area (Å²) in [4.78, 5) is 30.5. The van der Waals surface area contributed by atoms with Gasteiger partial charge in [-0.25, -0.2) is 4.39 Å². The van der Waals surface area contributed by atoms with Crippen molar-refractivity contribution in [2.24, 2.45) is 11.7 Å². The predicted octanol–water partition coefficient (Wildman–Crippen LogP) is 0.994. The highest BCUT2D eigenvalue weighted by molar-refractivity contribution is 6.40. The standard InChI is InChI=1S/C18H28BFN2O3.CO2/c20-16-6-4-14(5-7-16)13-18(23)22-11-8-15(9-12-22)17(21)3-1-2-10-19(24)25;2-1-3/h4-7,15,17,24-25H,1-3,8-13,21H2;. The summed E-state index contributed by atoms with van der Waals surface area (Å²) in [5, 5.41) is 17.7. The van der Waals surface area contributed by atoms with Gasteiger partial charge in [0.25, 0.3) is 0 Å². The fourth-order valence-corrected chi connectivity index (χ4v) is 3.41. The number of hydrogen-bond donors (Lipinski definition) is 3. The molecular weight excluding hydrogens is 366 g/mol. The van der Waals surface area contributed by atoms with Crippen LogP contribution < -0.4 is 5.73 Å². The molecule has 1 amide bonds. The smallest absolute Gasteiger partial charge is 0.427 e. The van der Waals surface area contributed by atoms with Crippen molar-refractivity contribution in [2.75, 3.05) is 13.1 Å². The molecule has 2 rings (SSSR count). The second kappa shape index (κ2) is 13.2. The van der Waals surface area contributed by atoms with Crippen LogP contribution in [0.1, 0.15) is 37.7 Å². The van der Waals surface area contributed by atoms with Gasteiger partial charge < -0.3 is 20.7 Å². The summed E-state index contributed by atoms with van der Waals surface area (Å²) in [7, 11) is -1.23. The zero-order chi connectivity index (χ0) is 20.9. The maximum atomic E-state index is 12.9. The van der Waals surface area contributed by atoms with Crippen LogP contribution in [0.15, 0.2) is 24.3 Å². The van der Waals surface area contributed by atoms with E-state index in [2.05, 4.69) is 0 Å². The van der Waals surface area contributed by atoms with Gasteiger partial charge in [-0.2, -0.15) is 9.59 Å². The lowest BCUT2D eigenvalue weighted by molar-refractivity contribution is -0.191. The van der Waals surface area contributed by atoms with E-state index in [4.69, 9.17) is 25.4 Å². The summed E-state index contributed by atoms with van der Waals surface area (Å²) in [6, 6.07) is 6.16. The average Bonchev–Trinajstić information content (AvgIpc) is 2.67. The van der Waals surface area contributed by atoms with E-state index in [1.54, 1.807) is 12.1 Å². The van der Waals surface area contributed by atoms with E-state index in [0.29, 0.717) is 31.7 Å². The summed E-state index contributed by atoms with van der Waals surface area (Å²) in [5.41, 5.74) is 7.09. The lowest BCUT2D eigenvalue weighted by atomic mass is 9.82. The minimum Gasteiger partial charge on any atom is -0.427 e. The van der Waals surface area contributed by atoms with Gasteiger partial charge in [-0.05, 0) is 49.2 Å². The fraction of sp³-hybridized carbons (Fsp3) is 0.579. The van der Waals surface area contributed by atoms with Crippen molar-refractivity contribution in [1.82, 2.24) is 4.90 Å². The molecule has 1 atom stereocenters. The number of hydrogen-bond acceptors (Lipinski definition) is 6. The first-order valence-electron chi connectivity index (χ1n) is 9.50. The number of unbranched alkanes of at least 4 members (excludes halogenated alkanes) is 1. The van der Waals surface area contributed by atoms with Gasteiger partial charge in [-0.1, -0.05) is 25.0 Å². The molecule has 0 bridgehead atoms. The summed E-state index contributed by atoms with van der Waals surface area (Å²) >= 11 is 0. The highest BCUT2D eigenvalue weighted by Gasteiger charge is 2.26. The lowest BCUT2D eigenvalue weighted by Crippen LogP contribution is -2.44. The second-order valence-corrected chi connectivity index (χ2v) is 7.03. The first-order valence-corrected chi connectivity index (χ1v) is 9.50. The third kappa shape index (κ3) is 9.24. The van der Waals surface area contributed by atoms with Crippen molar-refractivity contribution >= 4 is 19.2 Å². The molecule has 1 unspecified atom stereocenters. The molecular formula is C19H28BFN2O5. The summed E-state index contributed by atoms with van der Waals surface area (Å²) in [6.07, 6.45) is 5.28. The summed E-state index contributed by atoms with van der Waals surface area (Å²) < 4.78 is 12.9. The van der Waals surface area contributed by atoms with E-state index in [0.717, 1.165) is 37.7 Å². The van der Waals surface area contributed by atoms with Gasteiger partial charge in [0.1, 0.15) is 5.82 Å². The largest absolute Gasteiger partial charge is 0.451 e. The number of carbonyl (C=O) groups excluding carboxylic acids is 3. The zero-order valence-electron chi connectivity index (χ0n) is 15.9. The Labute approximate surface area is 164 Å². The molecule has 1 aromatic carbocycles. The van der Waals surface area contributed by atoms with Crippen molar-refractivity contribution in [3.05, 3.63) is 35.6 Å². The minimum atomic E-state index is -1.23. The molecule has 1 aromatic rings. The zero-order valence-corrected chi connectivity index (χ0v) is 15.9. The van der Waals surface area contributed by atoms with Crippen LogP contribution in [-0.4, -0.2) is 53.3 Å². The Balaban J connectivity index is 0.00000122. The Morgan fingerprint density at radius 2 is 1.79 bits per heavy atom. The average molecular weight is 394 g/mol. The molecule has 0 aliphatic carbocycles. The molecule has 0 aromatic heterocycles. The van der Waals surface area contributed by atoms with Crippen molar-refractivity contribution in [3.63, 3.8) is 0 Å². The third-order valence-electron chi connectivity index (χ3n) is 5.02. The highest BCUT2D eigenvalue weighted by Crippen LogP contribution is 2.23. The van der Waals surface area contributed by atoms with Crippen LogP contribution in [0.3, 0.4) is 0 Å². The molecule has 0 spiro atoms. The van der Waals surface area contributed by atoms with Crippen LogP contribution >= 0.6 is 0 Å². The predicted molar refractivity (Wildman–Crippen MR) is 101 cm³/mol. The Morgan fingerprint density at radius 1 is 1.21 bits per heavy atom. The number of amides is 1. The van der Waals surface area contributed by atoms with Crippen molar-refractivity contribution in [1.29, 1.82) is 0 Å². The van der Waals surface area contributed by atoms with Gasteiger partial charge in [-0.3, -0.25) is 4.79 Å². The van der Waals surface area contributed by atoms with Crippen LogP contribution in [0, 0.1) is 11.7 Å². The van der Waals surface area contributed by atoms with E-state index < -0.39 is 7.12 Å². The van der Waals surface area contributed by atoms with Gasteiger partial charge in [-0.15, -0.1) is 0 Å². The molecule has 9 heteroatoms. The molecule has 1 aliphatic rings. The molecule has 0 radical (unpaired) electrons. The first kappa shape index (κ1) is 24.0. The van der Waals surface area contributed by atoms with Crippen LogP contribution in [-0.2, 0) is 20.8 Å². The number of halogens is 1. The third-order valence-corrected chi connectivity index (χ3v) is 5.02. The number of piperidine rings is 1. The van der Waals surface area contributed by atoms with Crippen LogP contribution in [0.25, 0.3) is 0 Å². The minimum absolute atomic E-state index is 0.0792. The number of carbonyl (C=O) groups is 1. The normalized spacial score (nSPS) is 15.2. The van der Waals surface area contributed by atoms with Crippen molar-refractivity contribution < 1.29 is 28.8 Å². The summed E-state index contributed by atoms with van der Waals surface area (Å²) in [6.45, 7) is 1.43. The number of likely N-dealkylation sites (tertiary alicyclic amines) is 1. The Bertz CT molecular complexity index is 615. The van der Waals surface area contributed by atoms with E-state index in [1.165, 1.54) is 12.1 Å². The maximum absolute atomic E-state index is 12.9. The Morgan fingerprint density at radius 3 is 2.32 bits per heavy atom. The van der Waals surface area contributed by atoms with E-state index in [1.807, 2.05) is 4.90 Å². The molecule has 1 heterocycles. The lowest BCUT2D eigenvalue weighted by Gasteiger charge is -2.35. The van der Waals surface area contributed by atoms with E-state index >= 15 is 0 Å². The van der Waals surface area contributed by atoms with Crippen molar-refractivity contribution in [3.8, 4) is 0 Å². The number of benzene rings is 1. The fourth-order valence-electron chi connectivity index (χ4n) is 3.41. The van der Waals surface area contributed by atoms with E-state index in [-0.39, 0.29) is 23.9 Å². The first-order chi connectivity index (χ1) is 13.4. The molecule has 154 valence electrons. The molecule has 1 saturated heterocycles. The highest BCUT2D eigenvalue weighted by atomic mass is 19.1. The molecule has 1 fully saturated rings. The molecule has 7 nitrogen and oxygen atoms in total. The van der Waals surface area contributed by atoms with Crippen LogP contribution in [0.2, 0.25) is 6.32 Å². The van der Waals surface area contributed by atoms with E-state index in [9.17, 15) is 9.18 Å². The van der Waals surface area contributed by atoms with Crippen LogP contribution in [0.5, 0.6) is 0 Å². The Hall–Kier alpha value is -2.06. The monoisotopic (exact) mass is 394 g/mol. The topological polar surface area (TPSA) is 121 Å². The molecule has 4 N–H and O–H groups in total. The second-order valence-electron chi connectivity index (χ2n) is 7.03. The summed E-state index contributed by atoms with van der Waals surface area (Å²) in [5.74, 6) is 0.198. The maximum Gasteiger partial charge on any atom is 0.451 e. The van der Waals surface area contributed by atoms with Crippen molar-refractivity contribution in [2.45, 2.75) is 50.9 Å². The Kier molecular flexibility index (Phi) is 11.3. The molecule has 28 heavy (non-hydrogen) atoms. The van der Waals surface area contributed by atoms with Gasteiger partial charge in [0.2, 0.25) is 5.91 Å². The van der Waals surface area contributed by atoms with Gasteiger partial charge >= 0.3 is 13.3 Å². The molecule has 1 aliphatic heterocycles. The number of nitrogens with two attached hydrogens (primary N) is 1.